The molecule has 1 aromatic heterocycles. The van der Waals surface area contributed by atoms with Gasteiger partial charge in [-0.05, 0) is 13.3 Å². The third-order valence-corrected chi connectivity index (χ3v) is 3.51. The van der Waals surface area contributed by atoms with E-state index in [2.05, 4.69) is 15.3 Å². The standard InChI is InChI=1S/C13H22N4O3/c1-3-5-20-12-10(14)11(16-8-17-12)15-7-13(18)4-6-19-9(13)2/h8-9,18H,3-7,14H2,1-2H3,(H,15,16,17). The fourth-order valence-electron chi connectivity index (χ4n) is 2.07. The lowest BCUT2D eigenvalue weighted by Gasteiger charge is -2.26. The summed E-state index contributed by atoms with van der Waals surface area (Å²) in [5.74, 6) is 0.839. The van der Waals surface area contributed by atoms with E-state index in [-0.39, 0.29) is 6.10 Å². The van der Waals surface area contributed by atoms with Crippen molar-refractivity contribution in [2.75, 3.05) is 30.8 Å². The lowest BCUT2D eigenvalue weighted by atomic mass is 9.97. The summed E-state index contributed by atoms with van der Waals surface area (Å²) < 4.78 is 10.8. The molecule has 2 atom stereocenters. The number of hydrogen-bond acceptors (Lipinski definition) is 7. The van der Waals surface area contributed by atoms with E-state index >= 15 is 0 Å². The van der Waals surface area contributed by atoms with Gasteiger partial charge in [-0.25, -0.2) is 4.98 Å². The Bertz CT molecular complexity index is 457. The van der Waals surface area contributed by atoms with Crippen molar-refractivity contribution in [1.29, 1.82) is 0 Å². The Balaban J connectivity index is 2.02. The summed E-state index contributed by atoms with van der Waals surface area (Å²) in [6, 6.07) is 0. The second-order valence-electron chi connectivity index (χ2n) is 5.01. The molecule has 1 aliphatic heterocycles. The maximum Gasteiger partial charge on any atom is 0.242 e. The van der Waals surface area contributed by atoms with Crippen molar-refractivity contribution in [2.24, 2.45) is 0 Å². The number of nitrogens with zero attached hydrogens (tertiary/aromatic N) is 2. The third kappa shape index (κ3) is 3.10. The van der Waals surface area contributed by atoms with Crippen LogP contribution in [0.2, 0.25) is 0 Å². The second-order valence-corrected chi connectivity index (χ2v) is 5.01. The van der Waals surface area contributed by atoms with E-state index in [1.165, 1.54) is 6.33 Å². The minimum absolute atomic E-state index is 0.214. The molecule has 112 valence electrons. The van der Waals surface area contributed by atoms with Crippen molar-refractivity contribution < 1.29 is 14.6 Å². The summed E-state index contributed by atoms with van der Waals surface area (Å²) in [4.78, 5) is 8.09. The summed E-state index contributed by atoms with van der Waals surface area (Å²) in [5.41, 5.74) is 5.42. The quantitative estimate of drug-likeness (QED) is 0.709. The van der Waals surface area contributed by atoms with E-state index in [1.807, 2.05) is 13.8 Å². The molecule has 1 aromatic rings. The van der Waals surface area contributed by atoms with Crippen molar-refractivity contribution in [2.45, 2.75) is 38.4 Å². The Kier molecular flexibility index (Phi) is 4.61. The Morgan fingerprint density at radius 3 is 3.05 bits per heavy atom. The van der Waals surface area contributed by atoms with Crippen LogP contribution in [0.5, 0.6) is 5.88 Å². The average Bonchev–Trinajstić information content (AvgIpc) is 2.77. The van der Waals surface area contributed by atoms with Crippen molar-refractivity contribution in [3.8, 4) is 5.88 Å². The van der Waals surface area contributed by atoms with Crippen LogP contribution in [0.3, 0.4) is 0 Å². The van der Waals surface area contributed by atoms with Crippen molar-refractivity contribution >= 4 is 11.5 Å². The smallest absolute Gasteiger partial charge is 0.242 e. The molecule has 1 saturated heterocycles. The molecule has 0 saturated carbocycles. The lowest BCUT2D eigenvalue weighted by Crippen LogP contribution is -2.43. The largest absolute Gasteiger partial charge is 0.476 e. The Labute approximate surface area is 118 Å². The van der Waals surface area contributed by atoms with E-state index in [0.717, 1.165) is 6.42 Å². The molecule has 4 N–H and O–H groups in total. The second kappa shape index (κ2) is 6.23. The number of rotatable bonds is 6. The first-order chi connectivity index (χ1) is 9.57. The van der Waals surface area contributed by atoms with Gasteiger partial charge in [0.2, 0.25) is 5.88 Å². The van der Waals surface area contributed by atoms with Crippen LogP contribution in [0.1, 0.15) is 26.7 Å². The zero-order chi connectivity index (χ0) is 14.6. The minimum atomic E-state index is -0.901. The number of anilines is 2. The van der Waals surface area contributed by atoms with E-state index in [1.54, 1.807) is 0 Å². The highest BCUT2D eigenvalue weighted by Gasteiger charge is 2.39. The number of hydrogen-bond donors (Lipinski definition) is 3. The zero-order valence-electron chi connectivity index (χ0n) is 11.9. The van der Waals surface area contributed by atoms with Gasteiger partial charge in [0, 0.05) is 19.6 Å². The molecule has 0 spiro atoms. The number of ether oxygens (including phenoxy) is 2. The van der Waals surface area contributed by atoms with Gasteiger partial charge in [0.05, 0.1) is 12.7 Å². The van der Waals surface area contributed by atoms with E-state index in [0.29, 0.717) is 43.6 Å². The van der Waals surface area contributed by atoms with Gasteiger partial charge < -0.3 is 25.6 Å². The minimum Gasteiger partial charge on any atom is -0.476 e. The molecule has 2 rings (SSSR count). The number of aromatic nitrogens is 2. The van der Waals surface area contributed by atoms with Gasteiger partial charge in [0.1, 0.15) is 17.6 Å². The Morgan fingerprint density at radius 2 is 2.40 bits per heavy atom. The van der Waals surface area contributed by atoms with Gasteiger partial charge in [-0.3, -0.25) is 0 Å². The van der Waals surface area contributed by atoms with E-state index in [4.69, 9.17) is 15.2 Å². The molecular weight excluding hydrogens is 260 g/mol. The number of nitrogens with one attached hydrogen (secondary N) is 1. The SMILES string of the molecule is CCCOc1ncnc(NCC2(O)CCOC2C)c1N. The van der Waals surface area contributed by atoms with Crippen LogP contribution in [-0.2, 0) is 4.74 Å². The highest BCUT2D eigenvalue weighted by molar-refractivity contribution is 5.66. The van der Waals surface area contributed by atoms with Crippen molar-refractivity contribution in [3.05, 3.63) is 6.33 Å². The first-order valence-corrected chi connectivity index (χ1v) is 6.88. The molecule has 2 heterocycles. The Hall–Kier alpha value is -1.60. The van der Waals surface area contributed by atoms with Crippen molar-refractivity contribution in [1.82, 2.24) is 9.97 Å². The molecule has 1 fully saturated rings. The number of aliphatic hydroxyl groups is 1. The van der Waals surface area contributed by atoms with E-state index < -0.39 is 5.60 Å². The van der Waals surface area contributed by atoms with Gasteiger partial charge >= 0.3 is 0 Å². The van der Waals surface area contributed by atoms with Gasteiger partial charge in [-0.15, -0.1) is 0 Å². The molecule has 7 heteroatoms. The molecule has 2 unspecified atom stereocenters. The Morgan fingerprint density at radius 1 is 1.60 bits per heavy atom. The van der Waals surface area contributed by atoms with Crippen LogP contribution in [-0.4, -0.2) is 46.5 Å². The third-order valence-electron chi connectivity index (χ3n) is 3.51. The predicted molar refractivity (Wildman–Crippen MR) is 75.7 cm³/mol. The zero-order valence-corrected chi connectivity index (χ0v) is 11.9. The normalized spacial score (nSPS) is 25.6. The van der Waals surface area contributed by atoms with Gasteiger partial charge in [-0.1, -0.05) is 6.92 Å². The van der Waals surface area contributed by atoms with Gasteiger partial charge in [-0.2, -0.15) is 4.98 Å². The summed E-state index contributed by atoms with van der Waals surface area (Å²) >= 11 is 0. The van der Waals surface area contributed by atoms with Crippen LogP contribution in [0.4, 0.5) is 11.5 Å². The molecular formula is C13H22N4O3. The summed E-state index contributed by atoms with van der Waals surface area (Å²) in [6.45, 7) is 5.29. The van der Waals surface area contributed by atoms with Crippen LogP contribution in [0.15, 0.2) is 6.33 Å². The van der Waals surface area contributed by atoms with Crippen LogP contribution < -0.4 is 15.8 Å². The van der Waals surface area contributed by atoms with Crippen LogP contribution in [0.25, 0.3) is 0 Å². The summed E-state index contributed by atoms with van der Waals surface area (Å²) in [7, 11) is 0. The number of nitrogen functional groups attached to an aromatic ring is 1. The first kappa shape index (κ1) is 14.8. The van der Waals surface area contributed by atoms with Crippen LogP contribution in [0, 0.1) is 0 Å². The summed E-state index contributed by atoms with van der Waals surface area (Å²) in [5, 5.41) is 13.5. The van der Waals surface area contributed by atoms with Gasteiger partial charge in [0.25, 0.3) is 0 Å². The average molecular weight is 282 g/mol. The van der Waals surface area contributed by atoms with Crippen molar-refractivity contribution in [3.63, 3.8) is 0 Å². The van der Waals surface area contributed by atoms with E-state index in [9.17, 15) is 5.11 Å². The molecule has 0 radical (unpaired) electrons. The molecule has 1 aliphatic rings. The van der Waals surface area contributed by atoms with Gasteiger partial charge in [0.15, 0.2) is 5.82 Å². The molecule has 20 heavy (non-hydrogen) atoms. The maximum absolute atomic E-state index is 10.4. The topological polar surface area (TPSA) is 103 Å². The lowest BCUT2D eigenvalue weighted by molar-refractivity contribution is -0.0176. The highest BCUT2D eigenvalue weighted by Crippen LogP contribution is 2.28. The molecule has 7 nitrogen and oxygen atoms in total. The number of nitrogens with two attached hydrogens (primary N) is 1. The highest BCUT2D eigenvalue weighted by atomic mass is 16.5. The fourth-order valence-corrected chi connectivity index (χ4v) is 2.07. The monoisotopic (exact) mass is 282 g/mol. The maximum atomic E-state index is 10.4. The predicted octanol–water partition coefficient (Wildman–Crippen LogP) is 0.799. The molecule has 0 aromatic carbocycles. The fraction of sp³-hybridized carbons (Fsp3) is 0.692. The van der Waals surface area contributed by atoms with Crippen LogP contribution >= 0.6 is 0 Å². The molecule has 0 amide bonds. The molecule has 0 bridgehead atoms. The molecule has 0 aliphatic carbocycles. The summed E-state index contributed by atoms with van der Waals surface area (Å²) in [6.07, 6.45) is 2.64. The first-order valence-electron chi connectivity index (χ1n) is 6.88.